The van der Waals surface area contributed by atoms with Crippen molar-refractivity contribution in [3.8, 4) is 11.5 Å². The maximum atomic E-state index is 11.9. The van der Waals surface area contributed by atoms with Crippen LogP contribution in [0.5, 0.6) is 11.5 Å². The van der Waals surface area contributed by atoms with Gasteiger partial charge in [-0.15, -0.1) is 0 Å². The zero-order valence-electron chi connectivity index (χ0n) is 11.9. The van der Waals surface area contributed by atoms with Gasteiger partial charge in [-0.3, -0.25) is 9.08 Å². The Hall–Kier alpha value is -2.00. The third-order valence-corrected chi connectivity index (χ3v) is 3.74. The normalized spacial score (nSPS) is 20.9. The Morgan fingerprint density at radius 2 is 2.00 bits per heavy atom. The fraction of sp³-hybridized carbons (Fsp3) is 0.462. The molecule has 1 fully saturated rings. The molecule has 0 bridgehead atoms. The molecule has 0 spiro atoms. The Morgan fingerprint density at radius 3 is 2.73 bits per heavy atom. The molecule has 22 heavy (non-hydrogen) atoms. The molecule has 120 valence electrons. The molecule has 0 aromatic heterocycles. The summed E-state index contributed by atoms with van der Waals surface area (Å²) in [4.78, 5) is 13.3. The SMILES string of the molecule is CS(=O)(=O)OC[C@H]1CN(c2ccc3c(c2)OCCO3)C(=O)O1. The maximum absolute atomic E-state index is 11.9. The van der Waals surface area contributed by atoms with Gasteiger partial charge in [0.05, 0.1) is 18.5 Å². The van der Waals surface area contributed by atoms with Crippen molar-refractivity contribution < 1.29 is 31.6 Å². The van der Waals surface area contributed by atoms with Crippen molar-refractivity contribution in [2.45, 2.75) is 6.10 Å². The number of nitrogens with zero attached hydrogens (tertiary/aromatic N) is 1. The van der Waals surface area contributed by atoms with Gasteiger partial charge in [0.25, 0.3) is 10.1 Å². The van der Waals surface area contributed by atoms with Crippen molar-refractivity contribution in [3.05, 3.63) is 18.2 Å². The number of hydrogen-bond acceptors (Lipinski definition) is 7. The van der Waals surface area contributed by atoms with Crippen LogP contribution < -0.4 is 14.4 Å². The Bertz CT molecular complexity index is 688. The van der Waals surface area contributed by atoms with Crippen molar-refractivity contribution in [3.63, 3.8) is 0 Å². The van der Waals surface area contributed by atoms with Gasteiger partial charge in [-0.1, -0.05) is 0 Å². The molecule has 1 aromatic rings. The minimum absolute atomic E-state index is 0.202. The predicted molar refractivity (Wildman–Crippen MR) is 75.8 cm³/mol. The van der Waals surface area contributed by atoms with Crippen LogP contribution in [-0.4, -0.2) is 53.2 Å². The van der Waals surface area contributed by atoms with E-state index in [1.165, 1.54) is 4.90 Å². The van der Waals surface area contributed by atoms with Crippen LogP contribution >= 0.6 is 0 Å². The Balaban J connectivity index is 1.71. The molecule has 0 N–H and O–H groups in total. The van der Waals surface area contributed by atoms with Gasteiger partial charge < -0.3 is 14.2 Å². The first kappa shape index (κ1) is 14.9. The number of ether oxygens (including phenoxy) is 3. The first-order chi connectivity index (χ1) is 10.4. The molecule has 0 aliphatic carbocycles. The van der Waals surface area contributed by atoms with Crippen LogP contribution in [0.3, 0.4) is 0 Å². The number of fused-ring (bicyclic) bond motifs is 1. The lowest BCUT2D eigenvalue weighted by molar-refractivity contribution is 0.107. The number of cyclic esters (lactones) is 1. The summed E-state index contributed by atoms with van der Waals surface area (Å²) in [6.45, 7) is 0.939. The summed E-state index contributed by atoms with van der Waals surface area (Å²) < 4.78 is 42.6. The van der Waals surface area contributed by atoms with E-state index in [4.69, 9.17) is 14.2 Å². The van der Waals surface area contributed by atoms with Crippen LogP contribution in [0.25, 0.3) is 0 Å². The third-order valence-electron chi connectivity index (χ3n) is 3.18. The summed E-state index contributed by atoms with van der Waals surface area (Å²) in [7, 11) is -3.57. The molecule has 2 aliphatic heterocycles. The van der Waals surface area contributed by atoms with Crippen LogP contribution in [-0.2, 0) is 19.0 Å². The number of hydrogen-bond donors (Lipinski definition) is 0. The van der Waals surface area contributed by atoms with Crippen molar-refractivity contribution in [2.24, 2.45) is 0 Å². The van der Waals surface area contributed by atoms with Crippen LogP contribution in [0.4, 0.5) is 10.5 Å². The van der Waals surface area contributed by atoms with Crippen molar-refractivity contribution in [1.82, 2.24) is 0 Å². The molecule has 2 aliphatic rings. The monoisotopic (exact) mass is 329 g/mol. The van der Waals surface area contributed by atoms with Gasteiger partial charge in [0, 0.05) is 6.07 Å². The second kappa shape index (κ2) is 5.65. The Kier molecular flexibility index (Phi) is 3.83. The summed E-state index contributed by atoms with van der Waals surface area (Å²) in [5.41, 5.74) is 0.594. The van der Waals surface area contributed by atoms with E-state index in [9.17, 15) is 13.2 Å². The van der Waals surface area contributed by atoms with Crippen LogP contribution in [0.15, 0.2) is 18.2 Å². The lowest BCUT2D eigenvalue weighted by atomic mass is 10.2. The van der Waals surface area contributed by atoms with E-state index >= 15 is 0 Å². The zero-order chi connectivity index (χ0) is 15.7. The molecule has 0 saturated carbocycles. The minimum atomic E-state index is -3.57. The molecule has 9 heteroatoms. The Labute approximate surface area is 127 Å². The first-order valence-corrected chi connectivity index (χ1v) is 8.46. The lowest BCUT2D eigenvalue weighted by Gasteiger charge is -2.20. The number of carbonyl (C=O) groups is 1. The van der Waals surface area contributed by atoms with Gasteiger partial charge in [0.15, 0.2) is 11.5 Å². The van der Waals surface area contributed by atoms with Gasteiger partial charge in [0.2, 0.25) is 0 Å². The van der Waals surface area contributed by atoms with Crippen molar-refractivity contribution >= 4 is 21.9 Å². The number of carbonyl (C=O) groups excluding carboxylic acids is 1. The van der Waals surface area contributed by atoms with Crippen LogP contribution in [0, 0.1) is 0 Å². The van der Waals surface area contributed by atoms with Gasteiger partial charge in [-0.25, -0.2) is 4.79 Å². The second-order valence-electron chi connectivity index (χ2n) is 4.93. The topological polar surface area (TPSA) is 91.4 Å². The van der Waals surface area contributed by atoms with E-state index in [0.29, 0.717) is 30.4 Å². The maximum Gasteiger partial charge on any atom is 0.414 e. The van der Waals surface area contributed by atoms with E-state index in [0.717, 1.165) is 6.26 Å². The summed E-state index contributed by atoms with van der Waals surface area (Å²) in [5, 5.41) is 0. The predicted octanol–water partition coefficient (Wildman–Crippen LogP) is 0.759. The number of rotatable bonds is 4. The average Bonchev–Trinajstić information content (AvgIpc) is 2.85. The molecular weight excluding hydrogens is 314 g/mol. The van der Waals surface area contributed by atoms with E-state index in [1.54, 1.807) is 18.2 Å². The highest BCUT2D eigenvalue weighted by Gasteiger charge is 2.33. The molecule has 2 heterocycles. The Morgan fingerprint density at radius 1 is 1.27 bits per heavy atom. The summed E-state index contributed by atoms with van der Waals surface area (Å²) >= 11 is 0. The molecule has 3 rings (SSSR count). The van der Waals surface area contributed by atoms with E-state index in [-0.39, 0.29) is 13.2 Å². The highest BCUT2D eigenvalue weighted by molar-refractivity contribution is 7.85. The molecule has 1 aromatic carbocycles. The van der Waals surface area contributed by atoms with Gasteiger partial charge in [-0.05, 0) is 12.1 Å². The molecule has 0 unspecified atom stereocenters. The van der Waals surface area contributed by atoms with Gasteiger partial charge in [-0.2, -0.15) is 8.42 Å². The molecule has 1 saturated heterocycles. The van der Waals surface area contributed by atoms with Gasteiger partial charge in [0.1, 0.15) is 25.9 Å². The largest absolute Gasteiger partial charge is 0.486 e. The van der Waals surface area contributed by atoms with Crippen molar-refractivity contribution in [1.29, 1.82) is 0 Å². The average molecular weight is 329 g/mol. The van der Waals surface area contributed by atoms with Gasteiger partial charge >= 0.3 is 6.09 Å². The fourth-order valence-electron chi connectivity index (χ4n) is 2.22. The van der Waals surface area contributed by atoms with E-state index < -0.39 is 22.3 Å². The molecule has 8 nitrogen and oxygen atoms in total. The summed E-state index contributed by atoms with van der Waals surface area (Å²) in [6, 6.07) is 5.13. The van der Waals surface area contributed by atoms with E-state index in [2.05, 4.69) is 4.18 Å². The quantitative estimate of drug-likeness (QED) is 0.753. The standard InChI is InChI=1S/C13H15NO7S/c1-22(16,17)20-8-10-7-14(13(15)21-10)9-2-3-11-12(6-9)19-5-4-18-11/h2-3,6,10H,4-5,7-8H2,1H3/t10-/m1/s1. The summed E-state index contributed by atoms with van der Waals surface area (Å²) in [5.74, 6) is 1.19. The fourth-order valence-corrected chi connectivity index (χ4v) is 2.62. The third kappa shape index (κ3) is 3.25. The minimum Gasteiger partial charge on any atom is -0.486 e. The van der Waals surface area contributed by atoms with E-state index in [1.807, 2.05) is 0 Å². The number of benzene rings is 1. The highest BCUT2D eigenvalue weighted by atomic mass is 32.2. The van der Waals surface area contributed by atoms with Crippen LogP contribution in [0.2, 0.25) is 0 Å². The summed E-state index contributed by atoms with van der Waals surface area (Å²) in [6.07, 6.45) is -0.253. The highest BCUT2D eigenvalue weighted by Crippen LogP contribution is 2.35. The first-order valence-electron chi connectivity index (χ1n) is 6.64. The second-order valence-corrected chi connectivity index (χ2v) is 6.58. The number of amides is 1. The molecule has 1 atom stereocenters. The van der Waals surface area contributed by atoms with Crippen molar-refractivity contribution in [2.75, 3.05) is 37.5 Å². The smallest absolute Gasteiger partial charge is 0.414 e. The molecule has 0 radical (unpaired) electrons. The lowest BCUT2D eigenvalue weighted by Crippen LogP contribution is -2.26. The molecule has 1 amide bonds. The van der Waals surface area contributed by atoms with Crippen LogP contribution in [0.1, 0.15) is 0 Å². The number of anilines is 1. The zero-order valence-corrected chi connectivity index (χ0v) is 12.7. The molecular formula is C13H15NO7S.